The fraction of sp³-hybridized carbons (Fsp3) is 0.611. The van der Waals surface area contributed by atoms with E-state index in [1.807, 2.05) is 0 Å². The maximum Gasteiger partial charge on any atom is 0.253 e. The van der Waals surface area contributed by atoms with Crippen molar-refractivity contribution in [2.45, 2.75) is 55.6 Å². The zero-order valence-electron chi connectivity index (χ0n) is 14.6. The van der Waals surface area contributed by atoms with Crippen LogP contribution in [0.5, 0.6) is 0 Å². The molecule has 1 aliphatic heterocycles. The monoisotopic (exact) mass is 366 g/mol. The van der Waals surface area contributed by atoms with E-state index < -0.39 is 16.1 Å². The van der Waals surface area contributed by atoms with Gasteiger partial charge in [-0.1, -0.05) is 12.8 Å². The maximum absolute atomic E-state index is 12.7. The van der Waals surface area contributed by atoms with E-state index in [9.17, 15) is 18.3 Å². The quantitative estimate of drug-likeness (QED) is 0.882. The summed E-state index contributed by atoms with van der Waals surface area (Å²) in [4.78, 5) is 14.5. The molecule has 3 rings (SSSR count). The summed E-state index contributed by atoms with van der Waals surface area (Å²) in [7, 11) is -1.76. The van der Waals surface area contributed by atoms with Crippen LogP contribution in [0, 0.1) is 0 Å². The number of carbonyl (C=O) groups is 1. The van der Waals surface area contributed by atoms with Crippen molar-refractivity contribution in [3.8, 4) is 0 Å². The molecule has 25 heavy (non-hydrogen) atoms. The fourth-order valence-electron chi connectivity index (χ4n) is 3.74. The minimum absolute atomic E-state index is 0.172. The van der Waals surface area contributed by atoms with E-state index >= 15 is 0 Å². The molecular formula is C18H26N2O4S. The smallest absolute Gasteiger partial charge is 0.253 e. The minimum atomic E-state index is -3.46. The van der Waals surface area contributed by atoms with E-state index in [-0.39, 0.29) is 16.8 Å². The molecule has 2 atom stereocenters. The van der Waals surface area contributed by atoms with Crippen LogP contribution in [0.3, 0.4) is 0 Å². The highest BCUT2D eigenvalue weighted by Gasteiger charge is 2.31. The van der Waals surface area contributed by atoms with Gasteiger partial charge < -0.3 is 10.0 Å². The van der Waals surface area contributed by atoms with Gasteiger partial charge in [-0.2, -0.15) is 4.31 Å². The van der Waals surface area contributed by atoms with Gasteiger partial charge in [0.1, 0.15) is 0 Å². The fourth-order valence-corrected chi connectivity index (χ4v) is 5.26. The Morgan fingerprint density at radius 3 is 2.28 bits per heavy atom. The normalized spacial score (nSPS) is 25.0. The molecular weight excluding hydrogens is 340 g/mol. The lowest BCUT2D eigenvalue weighted by Crippen LogP contribution is -2.46. The van der Waals surface area contributed by atoms with Gasteiger partial charge >= 0.3 is 0 Å². The van der Waals surface area contributed by atoms with Crippen LogP contribution >= 0.6 is 0 Å². The van der Waals surface area contributed by atoms with E-state index in [4.69, 9.17) is 0 Å². The summed E-state index contributed by atoms with van der Waals surface area (Å²) in [6.07, 6.45) is 4.81. The number of likely N-dealkylation sites (N-methyl/N-ethyl adjacent to an activating group) is 1. The van der Waals surface area contributed by atoms with Crippen molar-refractivity contribution in [3.05, 3.63) is 29.8 Å². The number of nitrogens with zero attached hydrogens (tertiary/aromatic N) is 2. The van der Waals surface area contributed by atoms with Gasteiger partial charge in [-0.3, -0.25) is 4.79 Å². The van der Waals surface area contributed by atoms with Crippen molar-refractivity contribution in [1.82, 2.24) is 9.21 Å². The lowest BCUT2D eigenvalue weighted by atomic mass is 9.91. The van der Waals surface area contributed by atoms with Gasteiger partial charge in [0.15, 0.2) is 0 Å². The third-order valence-corrected chi connectivity index (χ3v) is 7.23. The van der Waals surface area contributed by atoms with Crippen LogP contribution in [0.2, 0.25) is 0 Å². The average molecular weight is 366 g/mol. The summed E-state index contributed by atoms with van der Waals surface area (Å²) < 4.78 is 26.6. The zero-order valence-corrected chi connectivity index (χ0v) is 15.4. The van der Waals surface area contributed by atoms with Crippen molar-refractivity contribution >= 4 is 15.9 Å². The molecule has 0 radical (unpaired) electrons. The lowest BCUT2D eigenvalue weighted by Gasteiger charge is -2.35. The van der Waals surface area contributed by atoms with Gasteiger partial charge in [-0.25, -0.2) is 8.42 Å². The Balaban J connectivity index is 1.74. The Hall–Kier alpha value is -1.44. The number of benzene rings is 1. The molecule has 1 amide bonds. The molecule has 2 aliphatic rings. The minimum Gasteiger partial charge on any atom is -0.391 e. The van der Waals surface area contributed by atoms with Gasteiger partial charge in [0.05, 0.1) is 17.0 Å². The molecule has 2 fully saturated rings. The van der Waals surface area contributed by atoms with Crippen LogP contribution in [-0.4, -0.2) is 60.9 Å². The third kappa shape index (κ3) is 3.73. The Labute approximate surface area is 149 Å². The van der Waals surface area contributed by atoms with Crippen LogP contribution in [-0.2, 0) is 10.0 Å². The van der Waals surface area contributed by atoms with Crippen molar-refractivity contribution in [1.29, 1.82) is 0 Å². The van der Waals surface area contributed by atoms with Gasteiger partial charge in [0.25, 0.3) is 5.91 Å². The summed E-state index contributed by atoms with van der Waals surface area (Å²) in [5, 5.41) is 10.1. The second kappa shape index (κ2) is 7.43. The Bertz CT molecular complexity index is 711. The van der Waals surface area contributed by atoms with E-state index in [1.165, 1.54) is 16.4 Å². The Morgan fingerprint density at radius 1 is 1.08 bits per heavy atom. The topological polar surface area (TPSA) is 77.9 Å². The third-order valence-electron chi connectivity index (χ3n) is 5.32. The number of hydrogen-bond acceptors (Lipinski definition) is 4. The number of hydrogen-bond donors (Lipinski definition) is 1. The number of aliphatic hydroxyl groups is 1. The second-order valence-corrected chi connectivity index (χ2v) is 8.91. The van der Waals surface area contributed by atoms with E-state index in [2.05, 4.69) is 0 Å². The van der Waals surface area contributed by atoms with Crippen molar-refractivity contribution < 1.29 is 18.3 Å². The molecule has 1 saturated heterocycles. The number of carbonyl (C=O) groups excluding carboxylic acids is 1. The molecule has 1 aromatic rings. The molecule has 1 heterocycles. The molecule has 0 unspecified atom stereocenters. The summed E-state index contributed by atoms with van der Waals surface area (Å²) >= 11 is 0. The highest BCUT2D eigenvalue weighted by Crippen LogP contribution is 2.25. The molecule has 6 nitrogen and oxygen atoms in total. The Kier molecular flexibility index (Phi) is 5.46. The molecule has 7 heteroatoms. The molecule has 1 N–H and O–H groups in total. The van der Waals surface area contributed by atoms with E-state index in [0.717, 1.165) is 38.5 Å². The average Bonchev–Trinajstić information content (AvgIpc) is 3.16. The summed E-state index contributed by atoms with van der Waals surface area (Å²) in [5.41, 5.74) is 0.445. The van der Waals surface area contributed by atoms with E-state index in [1.54, 1.807) is 24.1 Å². The van der Waals surface area contributed by atoms with Crippen LogP contribution in [0.4, 0.5) is 0 Å². The molecule has 1 aromatic carbocycles. The summed E-state index contributed by atoms with van der Waals surface area (Å²) in [6.45, 7) is 1.12. The Morgan fingerprint density at radius 2 is 1.68 bits per heavy atom. The predicted molar refractivity (Wildman–Crippen MR) is 94.8 cm³/mol. The number of sulfonamides is 1. The van der Waals surface area contributed by atoms with Crippen LogP contribution < -0.4 is 0 Å². The van der Waals surface area contributed by atoms with Crippen molar-refractivity contribution in [2.75, 3.05) is 20.1 Å². The molecule has 1 saturated carbocycles. The lowest BCUT2D eigenvalue weighted by molar-refractivity contribution is 0.0268. The SMILES string of the molecule is CN(C(=O)c1ccc(S(=O)(=O)N2CCCC2)cc1)[C@@H]1CCCC[C@H]1O. The first kappa shape index (κ1) is 18.4. The van der Waals surface area contributed by atoms with Crippen LogP contribution in [0.25, 0.3) is 0 Å². The molecule has 0 bridgehead atoms. The van der Waals surface area contributed by atoms with E-state index in [0.29, 0.717) is 18.7 Å². The zero-order chi connectivity index (χ0) is 18.0. The molecule has 0 aromatic heterocycles. The first-order valence-corrected chi connectivity index (χ1v) is 10.4. The largest absolute Gasteiger partial charge is 0.391 e. The van der Waals surface area contributed by atoms with Crippen molar-refractivity contribution in [2.24, 2.45) is 0 Å². The van der Waals surface area contributed by atoms with Crippen molar-refractivity contribution in [3.63, 3.8) is 0 Å². The number of amides is 1. The van der Waals surface area contributed by atoms with Crippen LogP contribution in [0.15, 0.2) is 29.2 Å². The molecule has 138 valence electrons. The predicted octanol–water partition coefficient (Wildman–Crippen LogP) is 1.85. The second-order valence-electron chi connectivity index (χ2n) is 6.97. The van der Waals surface area contributed by atoms with Gasteiger partial charge in [0, 0.05) is 25.7 Å². The standard InChI is InChI=1S/C18H26N2O4S/c1-19(16-6-2-3-7-17(16)21)18(22)14-8-10-15(11-9-14)25(23,24)20-12-4-5-13-20/h8-11,16-17,21H,2-7,12-13H2,1H3/t16-,17-/m1/s1. The highest BCUT2D eigenvalue weighted by atomic mass is 32.2. The maximum atomic E-state index is 12.7. The number of aliphatic hydroxyl groups excluding tert-OH is 1. The molecule has 0 spiro atoms. The number of rotatable bonds is 4. The van der Waals surface area contributed by atoms with Crippen LogP contribution in [0.1, 0.15) is 48.9 Å². The summed E-state index contributed by atoms with van der Waals surface area (Å²) in [6, 6.07) is 5.97. The first-order valence-electron chi connectivity index (χ1n) is 8.97. The summed E-state index contributed by atoms with van der Waals surface area (Å²) in [5.74, 6) is -0.184. The first-order chi connectivity index (χ1) is 11.9. The van der Waals surface area contributed by atoms with Gasteiger partial charge in [-0.05, 0) is 49.9 Å². The highest BCUT2D eigenvalue weighted by molar-refractivity contribution is 7.89. The van der Waals surface area contributed by atoms with Gasteiger partial charge in [-0.15, -0.1) is 0 Å². The van der Waals surface area contributed by atoms with Gasteiger partial charge in [0.2, 0.25) is 10.0 Å². The molecule has 1 aliphatic carbocycles.